The minimum atomic E-state index is -0.367. The maximum absolute atomic E-state index is 12.8. The molecule has 2 N–H and O–H groups in total. The number of benzene rings is 1. The minimum absolute atomic E-state index is 0.367. The van der Waals surface area contributed by atoms with Crippen LogP contribution >= 0.6 is 0 Å². The number of rotatable bonds is 2. The van der Waals surface area contributed by atoms with Crippen LogP contribution in [0.2, 0.25) is 0 Å². The van der Waals surface area contributed by atoms with E-state index in [0.29, 0.717) is 11.4 Å². The molecule has 0 atom stereocenters. The molecule has 0 saturated heterocycles. The number of nitrogens with two attached hydrogens (primary N) is 1. The molecule has 0 radical (unpaired) electrons. The molecule has 0 aliphatic rings. The van der Waals surface area contributed by atoms with Crippen molar-refractivity contribution in [2.45, 2.75) is 0 Å². The Morgan fingerprint density at radius 2 is 2.08 bits per heavy atom. The van der Waals surface area contributed by atoms with E-state index in [2.05, 4.69) is 0 Å². The van der Waals surface area contributed by atoms with Crippen LogP contribution in [0.1, 0.15) is 0 Å². The van der Waals surface area contributed by atoms with E-state index in [0.717, 1.165) is 0 Å². The fourth-order valence-corrected chi connectivity index (χ4v) is 0.883. The van der Waals surface area contributed by atoms with Gasteiger partial charge in [0.1, 0.15) is 5.82 Å². The third-order valence-electron chi connectivity index (χ3n) is 1.54. The number of nitrogen functional groups attached to an aromatic ring is 1. The lowest BCUT2D eigenvalue weighted by Crippen LogP contribution is -2.14. The quantitative estimate of drug-likeness (QED) is 0.538. The van der Waals surface area contributed by atoms with Gasteiger partial charge in [-0.25, -0.2) is 4.39 Å². The van der Waals surface area contributed by atoms with Crippen LogP contribution in [0.3, 0.4) is 0 Å². The van der Waals surface area contributed by atoms with Gasteiger partial charge in [0.2, 0.25) is 0 Å². The molecular weight excluding hydrogens is 159 g/mol. The van der Waals surface area contributed by atoms with Crippen molar-refractivity contribution < 1.29 is 9.23 Å². The fourth-order valence-electron chi connectivity index (χ4n) is 0.883. The molecule has 1 aromatic carbocycles. The van der Waals surface area contributed by atoms with E-state index in [9.17, 15) is 4.39 Å². The molecule has 4 heteroatoms. The lowest BCUT2D eigenvalue weighted by atomic mass is 10.3. The summed E-state index contributed by atoms with van der Waals surface area (Å²) in [7, 11) is 3.18. The molecule has 0 heterocycles. The second-order valence-corrected chi connectivity index (χ2v) is 2.42. The molecule has 0 bridgehead atoms. The second kappa shape index (κ2) is 3.40. The van der Waals surface area contributed by atoms with Gasteiger partial charge in [-0.2, -0.15) is 0 Å². The predicted molar refractivity (Wildman–Crippen MR) is 46.2 cm³/mol. The fraction of sp³-hybridized carbons (Fsp3) is 0.250. The van der Waals surface area contributed by atoms with Crippen molar-refractivity contribution in [1.82, 2.24) is 0 Å². The zero-order valence-corrected chi connectivity index (χ0v) is 7.04. The summed E-state index contributed by atoms with van der Waals surface area (Å²) in [6, 6.07) is 4.24. The van der Waals surface area contributed by atoms with E-state index in [4.69, 9.17) is 10.6 Å². The highest BCUT2D eigenvalue weighted by atomic mass is 19.1. The average Bonchev–Trinajstić information content (AvgIpc) is 2.01. The topological polar surface area (TPSA) is 38.5 Å². The Labute approximate surface area is 70.5 Å². The summed E-state index contributed by atoms with van der Waals surface area (Å²) in [6.07, 6.45) is 0. The van der Waals surface area contributed by atoms with Crippen molar-refractivity contribution in [2.24, 2.45) is 0 Å². The molecule has 0 unspecified atom stereocenters. The molecule has 0 aliphatic heterocycles. The molecule has 0 spiro atoms. The first-order valence-corrected chi connectivity index (χ1v) is 3.47. The van der Waals surface area contributed by atoms with Crippen LogP contribution in [0.5, 0.6) is 0 Å². The first-order valence-electron chi connectivity index (χ1n) is 3.47. The lowest BCUT2D eigenvalue weighted by Gasteiger charge is -2.15. The lowest BCUT2D eigenvalue weighted by molar-refractivity contribution is 0.184. The van der Waals surface area contributed by atoms with E-state index < -0.39 is 0 Å². The summed E-state index contributed by atoms with van der Waals surface area (Å²) < 4.78 is 12.8. The van der Waals surface area contributed by atoms with Gasteiger partial charge in [0.25, 0.3) is 0 Å². The third-order valence-corrected chi connectivity index (χ3v) is 1.54. The van der Waals surface area contributed by atoms with Crippen LogP contribution in [0, 0.1) is 5.82 Å². The van der Waals surface area contributed by atoms with E-state index in [1.807, 2.05) is 0 Å². The normalized spacial score (nSPS) is 9.92. The Hall–Kier alpha value is -1.29. The number of hydroxylamine groups is 1. The molecule has 0 saturated carbocycles. The van der Waals surface area contributed by atoms with E-state index in [1.54, 1.807) is 13.1 Å². The molecule has 12 heavy (non-hydrogen) atoms. The summed E-state index contributed by atoms with van der Waals surface area (Å²) in [5.41, 5.74) is 6.41. The number of halogens is 1. The largest absolute Gasteiger partial charge is 0.399 e. The van der Waals surface area contributed by atoms with Gasteiger partial charge < -0.3 is 5.73 Å². The second-order valence-electron chi connectivity index (χ2n) is 2.42. The smallest absolute Gasteiger partial charge is 0.127 e. The van der Waals surface area contributed by atoms with Crippen LogP contribution in [0.4, 0.5) is 15.8 Å². The van der Waals surface area contributed by atoms with E-state index in [-0.39, 0.29) is 5.82 Å². The Bertz CT molecular complexity index is 258. The SMILES string of the molecule is CON(C)c1cc(N)cc(F)c1. The minimum Gasteiger partial charge on any atom is -0.399 e. The van der Waals surface area contributed by atoms with Gasteiger partial charge >= 0.3 is 0 Å². The molecule has 0 fully saturated rings. The monoisotopic (exact) mass is 170 g/mol. The number of anilines is 2. The maximum Gasteiger partial charge on any atom is 0.127 e. The number of nitrogens with zero attached hydrogens (tertiary/aromatic N) is 1. The van der Waals surface area contributed by atoms with Crippen molar-refractivity contribution in [3.8, 4) is 0 Å². The highest BCUT2D eigenvalue weighted by molar-refractivity contribution is 5.54. The van der Waals surface area contributed by atoms with Crippen molar-refractivity contribution in [1.29, 1.82) is 0 Å². The standard InChI is InChI=1S/C8H11FN2O/c1-11(12-2)8-4-6(9)3-7(10)5-8/h3-5H,10H2,1-2H3. The summed E-state index contributed by atoms with van der Waals surface area (Å²) >= 11 is 0. The molecule has 0 aliphatic carbocycles. The Morgan fingerprint density at radius 3 is 2.58 bits per heavy atom. The van der Waals surface area contributed by atoms with Gasteiger partial charge in [-0.05, 0) is 18.2 Å². The molecule has 0 amide bonds. The Balaban J connectivity index is 3.00. The van der Waals surface area contributed by atoms with Gasteiger partial charge in [-0.3, -0.25) is 9.90 Å². The van der Waals surface area contributed by atoms with Crippen LogP contribution in [0.15, 0.2) is 18.2 Å². The number of hydrogen-bond donors (Lipinski definition) is 1. The molecular formula is C8H11FN2O. The molecule has 66 valence electrons. The van der Waals surface area contributed by atoms with E-state index in [1.165, 1.54) is 24.3 Å². The van der Waals surface area contributed by atoms with Gasteiger partial charge in [-0.15, -0.1) is 0 Å². The van der Waals surface area contributed by atoms with Crippen molar-refractivity contribution >= 4 is 11.4 Å². The highest BCUT2D eigenvalue weighted by Gasteiger charge is 2.02. The summed E-state index contributed by atoms with van der Waals surface area (Å²) in [6.45, 7) is 0. The van der Waals surface area contributed by atoms with Gasteiger partial charge in [-0.1, -0.05) is 0 Å². The third kappa shape index (κ3) is 1.85. The molecule has 1 rings (SSSR count). The number of hydrogen-bond acceptors (Lipinski definition) is 3. The van der Waals surface area contributed by atoms with Crippen molar-refractivity contribution in [3.05, 3.63) is 24.0 Å². The Kier molecular flexibility index (Phi) is 2.50. The first-order chi connectivity index (χ1) is 5.63. The van der Waals surface area contributed by atoms with Crippen LogP contribution in [-0.4, -0.2) is 14.2 Å². The van der Waals surface area contributed by atoms with Gasteiger partial charge in [0.15, 0.2) is 0 Å². The van der Waals surface area contributed by atoms with E-state index >= 15 is 0 Å². The molecule has 0 aromatic heterocycles. The van der Waals surface area contributed by atoms with Crippen molar-refractivity contribution in [3.63, 3.8) is 0 Å². The summed E-state index contributed by atoms with van der Waals surface area (Å²) in [5.74, 6) is -0.367. The predicted octanol–water partition coefficient (Wildman–Crippen LogP) is 1.41. The van der Waals surface area contributed by atoms with Gasteiger partial charge in [0.05, 0.1) is 12.8 Å². The summed E-state index contributed by atoms with van der Waals surface area (Å²) in [4.78, 5) is 4.86. The van der Waals surface area contributed by atoms with Crippen LogP contribution in [-0.2, 0) is 4.84 Å². The summed E-state index contributed by atoms with van der Waals surface area (Å²) in [5, 5.41) is 1.43. The van der Waals surface area contributed by atoms with Gasteiger partial charge in [0, 0.05) is 12.7 Å². The zero-order chi connectivity index (χ0) is 9.14. The Morgan fingerprint density at radius 1 is 1.42 bits per heavy atom. The average molecular weight is 170 g/mol. The first kappa shape index (κ1) is 8.80. The molecule has 3 nitrogen and oxygen atoms in total. The zero-order valence-electron chi connectivity index (χ0n) is 7.04. The molecule has 1 aromatic rings. The van der Waals surface area contributed by atoms with Crippen molar-refractivity contribution in [2.75, 3.05) is 25.0 Å². The highest BCUT2D eigenvalue weighted by Crippen LogP contribution is 2.18. The van der Waals surface area contributed by atoms with Crippen LogP contribution in [0.25, 0.3) is 0 Å². The van der Waals surface area contributed by atoms with Crippen LogP contribution < -0.4 is 10.8 Å². The maximum atomic E-state index is 12.8.